The summed E-state index contributed by atoms with van der Waals surface area (Å²) >= 11 is 0. The molecule has 0 saturated heterocycles. The van der Waals surface area contributed by atoms with Crippen molar-refractivity contribution >= 4 is 39.5 Å². The average Bonchev–Trinajstić information content (AvgIpc) is 1.60. The van der Waals surface area contributed by atoms with E-state index in [-0.39, 0.29) is 25.7 Å². The summed E-state index contributed by atoms with van der Waals surface area (Å²) in [6, 6.07) is 0. The molecule has 3 N–H and O–H groups in total. The van der Waals surface area contributed by atoms with E-state index in [1.54, 1.807) is 0 Å². The van der Waals surface area contributed by atoms with Crippen LogP contribution >= 0.6 is 15.6 Å². The minimum atomic E-state index is -4.96. The third-order valence-electron chi connectivity index (χ3n) is 18.3. The fourth-order valence-electron chi connectivity index (χ4n) is 12.1. The molecule has 0 heterocycles. The molecule has 0 aromatic rings. The number of carbonyl (C=O) groups is 4. The van der Waals surface area contributed by atoms with Crippen LogP contribution in [0.25, 0.3) is 0 Å². The van der Waals surface area contributed by atoms with Crippen LogP contribution in [-0.2, 0) is 65.4 Å². The van der Waals surface area contributed by atoms with Gasteiger partial charge in [0.2, 0.25) is 0 Å². The van der Waals surface area contributed by atoms with Gasteiger partial charge in [0.1, 0.15) is 19.3 Å². The third-order valence-corrected chi connectivity index (χ3v) is 20.2. The van der Waals surface area contributed by atoms with Crippen molar-refractivity contribution in [2.75, 3.05) is 39.6 Å². The van der Waals surface area contributed by atoms with E-state index in [2.05, 4.69) is 34.6 Å². The van der Waals surface area contributed by atoms with Gasteiger partial charge < -0.3 is 33.8 Å². The molecule has 2 unspecified atom stereocenters. The van der Waals surface area contributed by atoms with E-state index in [0.717, 1.165) is 95.8 Å². The second-order valence-electron chi connectivity index (χ2n) is 28.6. The Morgan fingerprint density at radius 2 is 0.474 bits per heavy atom. The van der Waals surface area contributed by atoms with Crippen LogP contribution in [0, 0.1) is 5.92 Å². The first-order chi connectivity index (χ1) is 47.0. The van der Waals surface area contributed by atoms with Crippen molar-refractivity contribution in [1.29, 1.82) is 0 Å². The van der Waals surface area contributed by atoms with E-state index >= 15 is 0 Å². The van der Waals surface area contributed by atoms with E-state index in [9.17, 15) is 43.2 Å². The van der Waals surface area contributed by atoms with Crippen molar-refractivity contribution in [2.45, 2.75) is 432 Å². The van der Waals surface area contributed by atoms with E-state index in [0.29, 0.717) is 25.7 Å². The largest absolute Gasteiger partial charge is 0.472 e. The highest BCUT2D eigenvalue weighted by molar-refractivity contribution is 7.47. The monoisotopic (exact) mass is 1420 g/mol. The van der Waals surface area contributed by atoms with Gasteiger partial charge in [-0.1, -0.05) is 362 Å². The molecule has 0 spiro atoms. The molecule has 97 heavy (non-hydrogen) atoms. The minimum absolute atomic E-state index is 0.107. The normalized spacial score (nSPS) is 13.9. The highest BCUT2D eigenvalue weighted by Gasteiger charge is 2.30. The third kappa shape index (κ3) is 72.2. The number of aliphatic hydroxyl groups is 1. The standard InChI is InChI=1S/C78H152O17P2/c1-6-9-12-15-18-21-24-26-28-29-31-33-38-43-48-53-58-63-77(82)94-74(68-89-76(81)62-57-52-47-42-37-32-30-27-25-22-19-16-13-10-7-2)70-93-97(86,87)91-66-72(79)65-90-96(84,85)92-69-73(67-88-75(80)61-56-51-46-41-35-23-20-17-14-11-8-3)95-78(83)64-59-54-49-44-39-34-36-40-45-50-55-60-71(4)5/h71-74,79H,6-70H2,1-5H3,(H,84,85)(H,86,87)/t72-,73+,74+/m0/s1. The van der Waals surface area contributed by atoms with Crippen molar-refractivity contribution in [3.63, 3.8) is 0 Å². The topological polar surface area (TPSA) is 237 Å². The molecule has 5 atom stereocenters. The van der Waals surface area contributed by atoms with Crippen LogP contribution in [0.4, 0.5) is 0 Å². The predicted octanol–water partition coefficient (Wildman–Crippen LogP) is 23.3. The van der Waals surface area contributed by atoms with Crippen molar-refractivity contribution < 1.29 is 80.2 Å². The van der Waals surface area contributed by atoms with Crippen LogP contribution in [0.3, 0.4) is 0 Å². The summed E-state index contributed by atoms with van der Waals surface area (Å²) in [7, 11) is -9.91. The lowest BCUT2D eigenvalue weighted by molar-refractivity contribution is -0.161. The molecule has 0 amide bonds. The highest BCUT2D eigenvalue weighted by Crippen LogP contribution is 2.45. The van der Waals surface area contributed by atoms with E-state index in [1.165, 1.54) is 238 Å². The molecule has 17 nitrogen and oxygen atoms in total. The number of carbonyl (C=O) groups excluding carboxylic acids is 4. The van der Waals surface area contributed by atoms with Crippen molar-refractivity contribution in [1.82, 2.24) is 0 Å². The maximum atomic E-state index is 13.1. The maximum absolute atomic E-state index is 13.1. The first-order valence-electron chi connectivity index (χ1n) is 40.6. The lowest BCUT2D eigenvalue weighted by Crippen LogP contribution is -2.30. The summed E-state index contributed by atoms with van der Waals surface area (Å²) < 4.78 is 68.6. The Labute approximate surface area is 594 Å². The number of aliphatic hydroxyl groups excluding tert-OH is 1. The number of rotatable bonds is 78. The number of esters is 4. The molecule has 0 radical (unpaired) electrons. The highest BCUT2D eigenvalue weighted by atomic mass is 31.2. The van der Waals surface area contributed by atoms with Crippen LogP contribution in [0.5, 0.6) is 0 Å². The molecule has 576 valence electrons. The fraction of sp³-hybridized carbons (Fsp3) is 0.949. The molecule has 0 rings (SSSR count). The number of phosphoric acid groups is 2. The first kappa shape index (κ1) is 95.1. The van der Waals surface area contributed by atoms with Crippen LogP contribution in [-0.4, -0.2) is 96.7 Å². The Balaban J connectivity index is 5.25. The van der Waals surface area contributed by atoms with Crippen LogP contribution in [0.1, 0.15) is 413 Å². The zero-order valence-corrected chi connectivity index (χ0v) is 65.0. The average molecular weight is 1420 g/mol. The van der Waals surface area contributed by atoms with E-state index in [4.69, 9.17) is 37.0 Å². The summed E-state index contributed by atoms with van der Waals surface area (Å²) in [5.74, 6) is -1.34. The van der Waals surface area contributed by atoms with E-state index < -0.39 is 97.5 Å². The van der Waals surface area contributed by atoms with Crippen molar-refractivity contribution in [3.05, 3.63) is 0 Å². The molecule has 0 aliphatic heterocycles. The van der Waals surface area contributed by atoms with E-state index in [1.807, 2.05) is 0 Å². The SMILES string of the molecule is CCCCCCCCCCCCCCCCCCCC(=O)O[C@H](COC(=O)CCCCCCCCCCCCCCCCC)COP(=O)(O)OC[C@@H](O)COP(=O)(O)OC[C@@H](COC(=O)CCCCCCCCCCCCC)OC(=O)CCCCCCCCCCCCCC(C)C. The number of phosphoric ester groups is 2. The summed E-state index contributed by atoms with van der Waals surface area (Å²) in [6.07, 6.45) is 60.9. The molecule has 0 aromatic carbocycles. The summed E-state index contributed by atoms with van der Waals surface area (Å²) in [5, 5.41) is 10.6. The Morgan fingerprint density at radius 1 is 0.278 bits per heavy atom. The molecule has 19 heteroatoms. The Bertz CT molecular complexity index is 1860. The Morgan fingerprint density at radius 3 is 0.701 bits per heavy atom. The second kappa shape index (κ2) is 71.1. The minimum Gasteiger partial charge on any atom is -0.462 e. The first-order valence-corrected chi connectivity index (χ1v) is 43.6. The molecule has 0 fully saturated rings. The summed E-state index contributed by atoms with van der Waals surface area (Å²) in [4.78, 5) is 72.9. The van der Waals surface area contributed by atoms with Gasteiger partial charge in [-0.25, -0.2) is 9.13 Å². The van der Waals surface area contributed by atoms with Gasteiger partial charge in [0.15, 0.2) is 12.2 Å². The zero-order valence-electron chi connectivity index (χ0n) is 63.2. The van der Waals surface area contributed by atoms with Crippen LogP contribution in [0.2, 0.25) is 0 Å². The van der Waals surface area contributed by atoms with Gasteiger partial charge in [-0.3, -0.25) is 37.3 Å². The maximum Gasteiger partial charge on any atom is 0.472 e. The number of ether oxygens (including phenoxy) is 4. The molecule has 0 saturated carbocycles. The smallest absolute Gasteiger partial charge is 0.462 e. The van der Waals surface area contributed by atoms with Gasteiger partial charge in [-0.05, 0) is 31.6 Å². The Kier molecular flexibility index (Phi) is 69.6. The van der Waals surface area contributed by atoms with Gasteiger partial charge in [-0.15, -0.1) is 0 Å². The summed E-state index contributed by atoms with van der Waals surface area (Å²) in [5.41, 5.74) is 0. The van der Waals surface area contributed by atoms with Gasteiger partial charge in [0.05, 0.1) is 26.4 Å². The lowest BCUT2D eigenvalue weighted by Gasteiger charge is -2.21. The molecular weight excluding hydrogens is 1270 g/mol. The predicted molar refractivity (Wildman–Crippen MR) is 395 cm³/mol. The number of hydrogen-bond donors (Lipinski definition) is 3. The molecule has 0 aliphatic carbocycles. The zero-order chi connectivity index (χ0) is 71.2. The van der Waals surface area contributed by atoms with Gasteiger partial charge in [-0.2, -0.15) is 0 Å². The molecule has 0 bridgehead atoms. The summed E-state index contributed by atoms with van der Waals surface area (Å²) in [6.45, 7) is 7.32. The quantitative estimate of drug-likeness (QED) is 0.0222. The van der Waals surface area contributed by atoms with Gasteiger partial charge in [0, 0.05) is 25.7 Å². The molecular formula is C78H152O17P2. The van der Waals surface area contributed by atoms with Gasteiger partial charge >= 0.3 is 39.5 Å². The second-order valence-corrected chi connectivity index (χ2v) is 31.5. The lowest BCUT2D eigenvalue weighted by atomic mass is 10.0. The molecule has 0 aromatic heterocycles. The van der Waals surface area contributed by atoms with Crippen molar-refractivity contribution in [2.24, 2.45) is 5.92 Å². The van der Waals surface area contributed by atoms with Crippen molar-refractivity contribution in [3.8, 4) is 0 Å². The number of unbranched alkanes of at least 4 members (excludes halogenated alkanes) is 50. The molecule has 0 aliphatic rings. The number of hydrogen-bond acceptors (Lipinski definition) is 15. The van der Waals surface area contributed by atoms with Crippen LogP contribution in [0.15, 0.2) is 0 Å². The van der Waals surface area contributed by atoms with Crippen LogP contribution < -0.4 is 0 Å². The fourth-order valence-corrected chi connectivity index (χ4v) is 13.6. The van der Waals surface area contributed by atoms with Gasteiger partial charge in [0.25, 0.3) is 0 Å². The Hall–Kier alpha value is -1.94.